The highest BCUT2D eigenvalue weighted by atomic mass is 32.2. The third-order valence-corrected chi connectivity index (χ3v) is 2.05. The average Bonchev–Trinajstić information content (AvgIpc) is 2.46. The molecule has 12 heavy (non-hydrogen) atoms. The highest BCUT2D eigenvalue weighted by Crippen LogP contribution is 2.20. The summed E-state index contributed by atoms with van der Waals surface area (Å²) in [5.41, 5.74) is 7.60. The summed E-state index contributed by atoms with van der Waals surface area (Å²) in [5.74, 6) is 0. The Bertz CT molecular complexity index is 412. The van der Waals surface area contributed by atoms with Crippen LogP contribution in [0.3, 0.4) is 0 Å². The standard InChI is InChI=1S/C7H6FN3S/c8-12-11-4-10-6-3-5(9)1-2-7(6)11/h1-4H,9H2. The quantitative estimate of drug-likeness (QED) is 0.687. The Kier molecular flexibility index (Phi) is 1.65. The number of nitrogen functional groups attached to an aromatic ring is 1. The molecule has 2 aromatic rings. The van der Waals surface area contributed by atoms with Gasteiger partial charge in [-0.3, -0.25) is 0 Å². The first kappa shape index (κ1) is 7.42. The molecule has 1 heterocycles. The Labute approximate surface area is 72.8 Å². The summed E-state index contributed by atoms with van der Waals surface area (Å²) >= 11 is 0.124. The minimum atomic E-state index is 0.124. The van der Waals surface area contributed by atoms with Crippen LogP contribution >= 0.6 is 12.3 Å². The number of benzene rings is 1. The molecule has 2 rings (SSSR count). The summed E-state index contributed by atoms with van der Waals surface area (Å²) in [4.78, 5) is 3.97. The number of anilines is 1. The number of nitrogens with zero attached hydrogens (tertiary/aromatic N) is 2. The van der Waals surface area contributed by atoms with Gasteiger partial charge in [-0.25, -0.2) is 8.96 Å². The molecule has 0 saturated carbocycles. The second-order valence-electron chi connectivity index (χ2n) is 2.39. The van der Waals surface area contributed by atoms with Crippen molar-refractivity contribution in [2.75, 3.05) is 5.73 Å². The van der Waals surface area contributed by atoms with Crippen LogP contribution in [-0.4, -0.2) is 8.96 Å². The topological polar surface area (TPSA) is 43.8 Å². The fraction of sp³-hybridized carbons (Fsp3) is 0. The van der Waals surface area contributed by atoms with Crippen molar-refractivity contribution < 1.29 is 3.89 Å². The van der Waals surface area contributed by atoms with E-state index in [1.807, 2.05) is 0 Å². The lowest BCUT2D eigenvalue weighted by Crippen LogP contribution is -1.84. The Morgan fingerprint density at radius 1 is 1.50 bits per heavy atom. The number of halogens is 1. The van der Waals surface area contributed by atoms with Crippen LogP contribution in [0.2, 0.25) is 0 Å². The van der Waals surface area contributed by atoms with Gasteiger partial charge in [-0.05, 0) is 18.2 Å². The van der Waals surface area contributed by atoms with Crippen molar-refractivity contribution in [1.82, 2.24) is 8.96 Å². The minimum absolute atomic E-state index is 0.124. The van der Waals surface area contributed by atoms with Crippen LogP contribution in [0, 0.1) is 0 Å². The monoisotopic (exact) mass is 183 g/mol. The number of hydrogen-bond acceptors (Lipinski definition) is 3. The van der Waals surface area contributed by atoms with Crippen molar-refractivity contribution in [2.24, 2.45) is 0 Å². The summed E-state index contributed by atoms with van der Waals surface area (Å²) in [6.07, 6.45) is 1.43. The van der Waals surface area contributed by atoms with E-state index < -0.39 is 0 Å². The lowest BCUT2D eigenvalue weighted by Gasteiger charge is -1.94. The molecule has 62 valence electrons. The van der Waals surface area contributed by atoms with Gasteiger partial charge in [0.05, 0.1) is 11.0 Å². The van der Waals surface area contributed by atoms with Gasteiger partial charge in [-0.2, -0.15) is 0 Å². The van der Waals surface area contributed by atoms with E-state index in [0.717, 1.165) is 5.52 Å². The Morgan fingerprint density at radius 2 is 2.33 bits per heavy atom. The van der Waals surface area contributed by atoms with E-state index in [-0.39, 0.29) is 12.3 Å². The molecule has 1 aromatic heterocycles. The summed E-state index contributed by atoms with van der Waals surface area (Å²) in [6.45, 7) is 0. The average molecular weight is 183 g/mol. The van der Waals surface area contributed by atoms with E-state index in [2.05, 4.69) is 4.98 Å². The van der Waals surface area contributed by atoms with E-state index in [4.69, 9.17) is 5.73 Å². The molecule has 3 nitrogen and oxygen atoms in total. The van der Waals surface area contributed by atoms with Gasteiger partial charge in [0, 0.05) is 5.69 Å². The lowest BCUT2D eigenvalue weighted by molar-refractivity contribution is 0.919. The molecule has 0 fully saturated rings. The zero-order chi connectivity index (χ0) is 8.55. The van der Waals surface area contributed by atoms with Crippen molar-refractivity contribution in [3.05, 3.63) is 24.5 Å². The van der Waals surface area contributed by atoms with Crippen LogP contribution in [0.4, 0.5) is 9.57 Å². The maximum absolute atomic E-state index is 12.2. The Hall–Kier alpha value is -1.23. The van der Waals surface area contributed by atoms with Crippen LogP contribution in [0.25, 0.3) is 11.0 Å². The third kappa shape index (κ3) is 1.02. The lowest BCUT2D eigenvalue weighted by atomic mass is 10.3. The Morgan fingerprint density at radius 3 is 3.08 bits per heavy atom. The molecule has 0 atom stereocenters. The normalized spacial score (nSPS) is 10.8. The summed E-state index contributed by atoms with van der Waals surface area (Å²) in [6, 6.07) is 5.17. The first-order valence-electron chi connectivity index (χ1n) is 3.33. The van der Waals surface area contributed by atoms with Crippen molar-refractivity contribution in [3.8, 4) is 0 Å². The van der Waals surface area contributed by atoms with Gasteiger partial charge in [-0.15, -0.1) is 3.89 Å². The molecule has 0 radical (unpaired) electrons. The van der Waals surface area contributed by atoms with Crippen LogP contribution in [0.15, 0.2) is 24.5 Å². The highest BCUT2D eigenvalue weighted by Gasteiger charge is 2.01. The largest absolute Gasteiger partial charge is 0.399 e. The number of hydrogen-bond donors (Lipinski definition) is 1. The maximum Gasteiger partial charge on any atom is 0.171 e. The fourth-order valence-electron chi connectivity index (χ4n) is 1.06. The number of aromatic nitrogens is 2. The van der Waals surface area contributed by atoms with Crippen molar-refractivity contribution >= 4 is 29.1 Å². The first-order chi connectivity index (χ1) is 5.81. The first-order valence-corrected chi connectivity index (χ1v) is 4.00. The minimum Gasteiger partial charge on any atom is -0.399 e. The zero-order valence-corrected chi connectivity index (χ0v) is 6.88. The zero-order valence-electron chi connectivity index (χ0n) is 6.07. The molecule has 0 aliphatic heterocycles. The fourth-order valence-corrected chi connectivity index (χ4v) is 1.37. The van der Waals surface area contributed by atoms with E-state index in [0.29, 0.717) is 11.2 Å². The molecule has 0 unspecified atom stereocenters. The molecule has 0 aliphatic rings. The molecule has 1 aromatic carbocycles. The van der Waals surface area contributed by atoms with Crippen molar-refractivity contribution in [1.29, 1.82) is 0 Å². The molecule has 0 bridgehead atoms. The second kappa shape index (κ2) is 2.67. The highest BCUT2D eigenvalue weighted by molar-refractivity contribution is 7.92. The van der Waals surface area contributed by atoms with Gasteiger partial charge >= 0.3 is 0 Å². The van der Waals surface area contributed by atoms with Crippen LogP contribution in [-0.2, 0) is 0 Å². The van der Waals surface area contributed by atoms with E-state index in [1.54, 1.807) is 18.2 Å². The van der Waals surface area contributed by atoms with E-state index >= 15 is 0 Å². The number of fused-ring (bicyclic) bond motifs is 1. The number of imidazole rings is 1. The third-order valence-electron chi connectivity index (χ3n) is 1.61. The van der Waals surface area contributed by atoms with Crippen molar-refractivity contribution in [3.63, 3.8) is 0 Å². The molecule has 5 heteroatoms. The Balaban J connectivity index is 2.73. The second-order valence-corrected chi connectivity index (χ2v) is 2.92. The molecule has 0 spiro atoms. The molecular formula is C7H6FN3S. The van der Waals surface area contributed by atoms with Crippen molar-refractivity contribution in [2.45, 2.75) is 0 Å². The van der Waals surface area contributed by atoms with Crippen LogP contribution in [0.1, 0.15) is 0 Å². The molecule has 0 aliphatic carbocycles. The molecule has 0 saturated heterocycles. The van der Waals surface area contributed by atoms with Gasteiger partial charge < -0.3 is 5.73 Å². The maximum atomic E-state index is 12.2. The van der Waals surface area contributed by atoms with Gasteiger partial charge in [0.15, 0.2) is 12.3 Å². The number of rotatable bonds is 1. The van der Waals surface area contributed by atoms with E-state index in [9.17, 15) is 3.89 Å². The SMILES string of the molecule is Nc1ccc2c(c1)ncn2SF. The van der Waals surface area contributed by atoms with Gasteiger partial charge in [-0.1, -0.05) is 0 Å². The van der Waals surface area contributed by atoms with Crippen LogP contribution in [0.5, 0.6) is 0 Å². The summed E-state index contributed by atoms with van der Waals surface area (Å²) < 4.78 is 13.5. The van der Waals surface area contributed by atoms with Gasteiger partial charge in [0.2, 0.25) is 0 Å². The molecular weight excluding hydrogens is 177 g/mol. The smallest absolute Gasteiger partial charge is 0.171 e. The van der Waals surface area contributed by atoms with Crippen LogP contribution < -0.4 is 5.73 Å². The predicted octanol–water partition coefficient (Wildman–Crippen LogP) is 2.00. The summed E-state index contributed by atoms with van der Waals surface area (Å²) in [7, 11) is 0. The van der Waals surface area contributed by atoms with Gasteiger partial charge in [0.1, 0.15) is 6.33 Å². The van der Waals surface area contributed by atoms with E-state index in [1.165, 1.54) is 10.3 Å². The molecule has 0 amide bonds. The predicted molar refractivity (Wildman–Crippen MR) is 48.2 cm³/mol. The van der Waals surface area contributed by atoms with Gasteiger partial charge in [0.25, 0.3) is 0 Å². The number of nitrogens with two attached hydrogens (primary N) is 1. The molecule has 2 N–H and O–H groups in total. The summed E-state index contributed by atoms with van der Waals surface area (Å²) in [5, 5.41) is 0.